The summed E-state index contributed by atoms with van der Waals surface area (Å²) in [6.45, 7) is 5.49. The molecule has 0 spiro atoms. The molecule has 0 radical (unpaired) electrons. The molecule has 2 N–H and O–H groups in total. The van der Waals surface area contributed by atoms with E-state index in [1.807, 2.05) is 13.8 Å². The number of halogens is 2. The summed E-state index contributed by atoms with van der Waals surface area (Å²) in [5.74, 6) is -0.865. The maximum atomic E-state index is 13.5. The van der Waals surface area contributed by atoms with E-state index < -0.39 is 11.4 Å². The van der Waals surface area contributed by atoms with Crippen LogP contribution in [0.3, 0.4) is 0 Å². The fourth-order valence-electron chi connectivity index (χ4n) is 1.41. The lowest BCUT2D eigenvalue weighted by Gasteiger charge is -2.27. The summed E-state index contributed by atoms with van der Waals surface area (Å²) in [7, 11) is 0. The van der Waals surface area contributed by atoms with Crippen LogP contribution in [0.4, 0.5) is 4.39 Å². The van der Waals surface area contributed by atoms with E-state index >= 15 is 0 Å². The summed E-state index contributed by atoms with van der Waals surface area (Å²) in [6, 6.07) is 4.29. The third-order valence-electron chi connectivity index (χ3n) is 3.29. The minimum absolute atomic E-state index is 0.00449. The van der Waals surface area contributed by atoms with E-state index in [1.54, 1.807) is 6.92 Å². The first kappa shape index (κ1) is 15.9. The lowest BCUT2D eigenvalue weighted by molar-refractivity contribution is -0.122. The molecule has 0 aliphatic rings. The normalized spacial score (nSPS) is 14.3. The predicted molar refractivity (Wildman–Crippen MR) is 73.6 cm³/mol. The summed E-state index contributed by atoms with van der Waals surface area (Å²) in [6.07, 6.45) is -0.139. The zero-order valence-corrected chi connectivity index (χ0v) is 12.1. The molecule has 1 atom stereocenters. The van der Waals surface area contributed by atoms with Crippen molar-refractivity contribution in [1.29, 1.82) is 0 Å². The fraction of sp³-hybridized carbons (Fsp3) is 0.500. The Morgan fingerprint density at radius 3 is 2.68 bits per heavy atom. The number of carbonyl (C=O) groups excluding carboxylic acids is 1. The highest BCUT2D eigenvalue weighted by Gasteiger charge is 2.25. The van der Waals surface area contributed by atoms with Crippen LogP contribution in [0.2, 0.25) is 5.02 Å². The van der Waals surface area contributed by atoms with Gasteiger partial charge in [-0.05, 0) is 25.0 Å². The van der Waals surface area contributed by atoms with Crippen LogP contribution >= 0.6 is 11.6 Å². The van der Waals surface area contributed by atoms with Crippen molar-refractivity contribution >= 4 is 17.5 Å². The molecule has 0 saturated heterocycles. The van der Waals surface area contributed by atoms with Crippen LogP contribution in [-0.2, 0) is 11.2 Å². The predicted octanol–water partition coefficient (Wildman–Crippen LogP) is 2.54. The van der Waals surface area contributed by atoms with Gasteiger partial charge in [-0.1, -0.05) is 31.5 Å². The van der Waals surface area contributed by atoms with Crippen LogP contribution in [0, 0.1) is 11.7 Å². The van der Waals surface area contributed by atoms with E-state index in [9.17, 15) is 14.3 Å². The highest BCUT2D eigenvalue weighted by molar-refractivity contribution is 6.31. The average Bonchev–Trinajstić information content (AvgIpc) is 2.31. The van der Waals surface area contributed by atoms with Gasteiger partial charge in [-0.25, -0.2) is 4.39 Å². The minimum atomic E-state index is -0.991. The lowest BCUT2D eigenvalue weighted by atomic mass is 9.92. The molecule has 0 heterocycles. The molecule has 1 unspecified atom stereocenters. The first-order chi connectivity index (χ1) is 8.74. The second kappa shape index (κ2) is 6.35. The van der Waals surface area contributed by atoms with Crippen LogP contribution < -0.4 is 5.32 Å². The van der Waals surface area contributed by atoms with E-state index in [4.69, 9.17) is 11.6 Å². The van der Waals surface area contributed by atoms with Gasteiger partial charge < -0.3 is 10.4 Å². The summed E-state index contributed by atoms with van der Waals surface area (Å²) >= 11 is 5.84. The Labute approximate surface area is 117 Å². The first-order valence-corrected chi connectivity index (χ1v) is 6.54. The van der Waals surface area contributed by atoms with Gasteiger partial charge in [0.1, 0.15) is 5.82 Å². The first-order valence-electron chi connectivity index (χ1n) is 6.16. The van der Waals surface area contributed by atoms with Crippen LogP contribution in [0.15, 0.2) is 18.2 Å². The molecule has 1 aromatic carbocycles. The van der Waals surface area contributed by atoms with Crippen LogP contribution in [-0.4, -0.2) is 23.2 Å². The quantitative estimate of drug-likeness (QED) is 0.874. The molecule has 1 rings (SSSR count). The Morgan fingerprint density at radius 2 is 2.16 bits per heavy atom. The average molecular weight is 288 g/mol. The number of carbonyl (C=O) groups is 1. The molecule has 0 saturated carbocycles. The number of hydrogen-bond donors (Lipinski definition) is 2. The number of aliphatic hydroxyl groups is 1. The second-order valence-corrected chi connectivity index (χ2v) is 5.57. The minimum Gasteiger partial charge on any atom is -0.388 e. The third kappa shape index (κ3) is 4.48. The van der Waals surface area contributed by atoms with E-state index in [0.717, 1.165) is 0 Å². The summed E-state index contributed by atoms with van der Waals surface area (Å²) in [4.78, 5) is 11.7. The number of amides is 1. The topological polar surface area (TPSA) is 49.3 Å². The van der Waals surface area contributed by atoms with Crippen molar-refractivity contribution in [3.63, 3.8) is 0 Å². The zero-order valence-electron chi connectivity index (χ0n) is 11.3. The van der Waals surface area contributed by atoms with Gasteiger partial charge >= 0.3 is 0 Å². The van der Waals surface area contributed by atoms with Crippen molar-refractivity contribution < 1.29 is 14.3 Å². The van der Waals surface area contributed by atoms with Crippen molar-refractivity contribution in [1.82, 2.24) is 5.32 Å². The Morgan fingerprint density at radius 1 is 1.53 bits per heavy atom. The number of rotatable bonds is 5. The van der Waals surface area contributed by atoms with E-state index in [-0.39, 0.29) is 35.4 Å². The monoisotopic (exact) mass is 287 g/mol. The number of nitrogens with one attached hydrogen (secondary N) is 1. The molecule has 1 aromatic rings. The largest absolute Gasteiger partial charge is 0.388 e. The Hall–Kier alpha value is -1.13. The van der Waals surface area contributed by atoms with Crippen molar-refractivity contribution in [2.24, 2.45) is 5.92 Å². The molecule has 0 aliphatic carbocycles. The van der Waals surface area contributed by atoms with Crippen LogP contribution in [0.25, 0.3) is 0 Å². The zero-order chi connectivity index (χ0) is 14.6. The molecular weight excluding hydrogens is 269 g/mol. The molecule has 0 aromatic heterocycles. The highest BCUT2D eigenvalue weighted by Crippen LogP contribution is 2.19. The van der Waals surface area contributed by atoms with Crippen molar-refractivity contribution in [3.05, 3.63) is 34.6 Å². The fourth-order valence-corrected chi connectivity index (χ4v) is 1.64. The Balaban J connectivity index is 2.62. The standard InChI is InChI=1S/C14H19ClFNO2/c1-9(2)14(3,19)8-17-13(18)7-10-11(15)5-4-6-12(10)16/h4-6,9,19H,7-8H2,1-3H3,(H,17,18). The van der Waals surface area contributed by atoms with Gasteiger partial charge in [-0.2, -0.15) is 0 Å². The van der Waals surface area contributed by atoms with Crippen LogP contribution in [0.5, 0.6) is 0 Å². The van der Waals surface area contributed by atoms with E-state index in [0.29, 0.717) is 0 Å². The summed E-state index contributed by atoms with van der Waals surface area (Å²) in [5, 5.41) is 12.8. The number of hydrogen-bond acceptors (Lipinski definition) is 2. The molecule has 19 heavy (non-hydrogen) atoms. The summed E-state index contributed by atoms with van der Waals surface area (Å²) < 4.78 is 13.5. The van der Waals surface area contributed by atoms with Gasteiger partial charge in [0, 0.05) is 17.1 Å². The van der Waals surface area contributed by atoms with Gasteiger partial charge in [0.05, 0.1) is 12.0 Å². The van der Waals surface area contributed by atoms with Crippen LogP contribution in [0.1, 0.15) is 26.3 Å². The molecule has 1 amide bonds. The Kier molecular flexibility index (Phi) is 5.32. The summed E-state index contributed by atoms with van der Waals surface area (Å²) in [5.41, 5.74) is -0.819. The molecular formula is C14H19ClFNO2. The highest BCUT2D eigenvalue weighted by atomic mass is 35.5. The SMILES string of the molecule is CC(C)C(C)(O)CNC(=O)Cc1c(F)cccc1Cl. The molecule has 5 heteroatoms. The lowest BCUT2D eigenvalue weighted by Crippen LogP contribution is -2.44. The second-order valence-electron chi connectivity index (χ2n) is 5.17. The van der Waals surface area contributed by atoms with Gasteiger partial charge in [0.25, 0.3) is 0 Å². The molecule has 0 bridgehead atoms. The van der Waals surface area contributed by atoms with Crippen molar-refractivity contribution in [2.75, 3.05) is 6.54 Å². The molecule has 0 aliphatic heterocycles. The molecule has 106 valence electrons. The van der Waals surface area contributed by atoms with E-state index in [1.165, 1.54) is 18.2 Å². The molecule has 0 fully saturated rings. The van der Waals surface area contributed by atoms with Gasteiger partial charge in [-0.15, -0.1) is 0 Å². The van der Waals surface area contributed by atoms with Crippen molar-refractivity contribution in [2.45, 2.75) is 32.8 Å². The third-order valence-corrected chi connectivity index (χ3v) is 3.64. The van der Waals surface area contributed by atoms with Gasteiger partial charge in [0.15, 0.2) is 0 Å². The smallest absolute Gasteiger partial charge is 0.224 e. The maximum Gasteiger partial charge on any atom is 0.224 e. The van der Waals surface area contributed by atoms with Crippen molar-refractivity contribution in [3.8, 4) is 0 Å². The van der Waals surface area contributed by atoms with Gasteiger partial charge in [0.2, 0.25) is 5.91 Å². The maximum absolute atomic E-state index is 13.5. The van der Waals surface area contributed by atoms with E-state index in [2.05, 4.69) is 5.32 Å². The Bertz CT molecular complexity index is 441. The van der Waals surface area contributed by atoms with Gasteiger partial charge in [-0.3, -0.25) is 4.79 Å². The molecule has 3 nitrogen and oxygen atoms in total. The number of benzene rings is 1.